The molecule has 3 rings (SSSR count). The summed E-state index contributed by atoms with van der Waals surface area (Å²) in [7, 11) is 0. The smallest absolute Gasteiger partial charge is 0.260 e. The van der Waals surface area contributed by atoms with E-state index in [1.54, 1.807) is 36.9 Å². The fourth-order valence-corrected chi connectivity index (χ4v) is 2.83. The van der Waals surface area contributed by atoms with E-state index < -0.39 is 0 Å². The molecule has 9 heteroatoms. The predicted octanol–water partition coefficient (Wildman–Crippen LogP) is 0.376. The largest absolute Gasteiger partial charge is 0.360 e. The Morgan fingerprint density at radius 1 is 1.23 bits per heavy atom. The Kier molecular flexibility index (Phi) is 5.17. The van der Waals surface area contributed by atoms with E-state index in [0.717, 1.165) is 0 Å². The van der Waals surface area contributed by atoms with Gasteiger partial charge in [-0.05, 0) is 26.0 Å². The Morgan fingerprint density at radius 3 is 2.58 bits per heavy atom. The first-order valence-electron chi connectivity index (χ1n) is 8.37. The number of hydrogen-bond acceptors (Lipinski definition) is 6. The van der Waals surface area contributed by atoms with Crippen molar-refractivity contribution in [3.63, 3.8) is 0 Å². The molecular formula is C17H21N5O4. The van der Waals surface area contributed by atoms with Gasteiger partial charge >= 0.3 is 0 Å². The highest BCUT2D eigenvalue weighted by Gasteiger charge is 2.25. The average molecular weight is 359 g/mol. The second kappa shape index (κ2) is 7.52. The molecule has 2 aromatic heterocycles. The first kappa shape index (κ1) is 17.9. The van der Waals surface area contributed by atoms with Crippen LogP contribution in [0.5, 0.6) is 0 Å². The van der Waals surface area contributed by atoms with Crippen molar-refractivity contribution in [2.24, 2.45) is 0 Å². The van der Waals surface area contributed by atoms with Crippen LogP contribution in [0.2, 0.25) is 0 Å². The molecule has 0 unspecified atom stereocenters. The van der Waals surface area contributed by atoms with Gasteiger partial charge in [0, 0.05) is 37.9 Å². The number of anilines is 1. The van der Waals surface area contributed by atoms with Gasteiger partial charge in [-0.1, -0.05) is 5.16 Å². The Balaban J connectivity index is 1.51. The van der Waals surface area contributed by atoms with Crippen molar-refractivity contribution in [1.82, 2.24) is 19.9 Å². The molecule has 1 aliphatic heterocycles. The monoisotopic (exact) mass is 359 g/mol. The van der Waals surface area contributed by atoms with Crippen LogP contribution in [-0.2, 0) is 4.79 Å². The summed E-state index contributed by atoms with van der Waals surface area (Å²) >= 11 is 0. The molecule has 0 atom stereocenters. The van der Waals surface area contributed by atoms with E-state index >= 15 is 0 Å². The molecule has 1 fully saturated rings. The maximum atomic E-state index is 12.5. The number of aromatic amines is 1. The number of nitrogens with zero attached hydrogens (tertiary/aromatic N) is 3. The molecule has 2 aromatic rings. The van der Waals surface area contributed by atoms with Crippen molar-refractivity contribution in [3.8, 4) is 0 Å². The highest BCUT2D eigenvalue weighted by atomic mass is 16.5. The van der Waals surface area contributed by atoms with Gasteiger partial charge in [-0.25, -0.2) is 0 Å². The Bertz CT molecular complexity index is 864. The first-order chi connectivity index (χ1) is 12.4. The summed E-state index contributed by atoms with van der Waals surface area (Å²) in [6.07, 6.45) is 0. The van der Waals surface area contributed by atoms with Crippen LogP contribution in [0.25, 0.3) is 0 Å². The summed E-state index contributed by atoms with van der Waals surface area (Å²) in [6, 6.07) is 4.91. The zero-order chi connectivity index (χ0) is 18.7. The summed E-state index contributed by atoms with van der Waals surface area (Å²) in [5.74, 6) is 0.542. The molecule has 0 saturated carbocycles. The number of carbonyl (C=O) groups is 2. The highest BCUT2D eigenvalue weighted by Crippen LogP contribution is 2.09. The molecule has 0 radical (unpaired) electrons. The number of aromatic nitrogens is 2. The van der Waals surface area contributed by atoms with Gasteiger partial charge in [-0.2, -0.15) is 0 Å². The van der Waals surface area contributed by atoms with Gasteiger partial charge in [0.1, 0.15) is 11.3 Å². The number of piperazine rings is 1. The van der Waals surface area contributed by atoms with Gasteiger partial charge in [-0.15, -0.1) is 0 Å². The molecule has 1 saturated heterocycles. The van der Waals surface area contributed by atoms with Crippen molar-refractivity contribution < 1.29 is 14.1 Å². The van der Waals surface area contributed by atoms with Gasteiger partial charge in [0.15, 0.2) is 5.82 Å². The number of amides is 2. The maximum Gasteiger partial charge on any atom is 0.260 e. The van der Waals surface area contributed by atoms with Crippen LogP contribution in [-0.4, -0.2) is 64.5 Å². The molecule has 0 aromatic carbocycles. The molecule has 2 amide bonds. The summed E-state index contributed by atoms with van der Waals surface area (Å²) in [6.45, 7) is 5.75. The topological polar surface area (TPSA) is 112 Å². The fourth-order valence-electron chi connectivity index (χ4n) is 2.83. The van der Waals surface area contributed by atoms with Crippen LogP contribution >= 0.6 is 0 Å². The van der Waals surface area contributed by atoms with E-state index in [1.807, 2.05) is 4.90 Å². The van der Waals surface area contributed by atoms with Crippen LogP contribution in [0.3, 0.4) is 0 Å². The number of pyridine rings is 1. The van der Waals surface area contributed by atoms with Crippen molar-refractivity contribution in [3.05, 3.63) is 45.6 Å². The Morgan fingerprint density at radius 2 is 1.96 bits per heavy atom. The van der Waals surface area contributed by atoms with E-state index in [4.69, 9.17) is 4.52 Å². The molecule has 0 bridgehead atoms. The van der Waals surface area contributed by atoms with Gasteiger partial charge in [0.05, 0.1) is 6.54 Å². The van der Waals surface area contributed by atoms with Gasteiger partial charge in [0.2, 0.25) is 5.91 Å². The lowest BCUT2D eigenvalue weighted by molar-refractivity contribution is -0.117. The second-order valence-electron chi connectivity index (χ2n) is 6.32. The third-order valence-corrected chi connectivity index (χ3v) is 4.21. The SMILES string of the molecule is Cc1ccc(C(=O)N2CCN(CC(=O)Nc3cc(C)on3)CC2)c(=O)[nH]1. The first-order valence-corrected chi connectivity index (χ1v) is 8.37. The number of carbonyl (C=O) groups excluding carboxylic acids is 2. The number of aryl methyl sites for hydroxylation is 2. The van der Waals surface area contributed by atoms with E-state index in [2.05, 4.69) is 15.5 Å². The second-order valence-corrected chi connectivity index (χ2v) is 6.32. The molecule has 0 aliphatic carbocycles. The van der Waals surface area contributed by atoms with Crippen LogP contribution in [0.1, 0.15) is 21.8 Å². The minimum Gasteiger partial charge on any atom is -0.360 e. The van der Waals surface area contributed by atoms with E-state index in [-0.39, 0.29) is 29.5 Å². The van der Waals surface area contributed by atoms with Crippen LogP contribution in [0.15, 0.2) is 27.5 Å². The average Bonchev–Trinajstić information content (AvgIpc) is 2.99. The van der Waals surface area contributed by atoms with Crippen LogP contribution < -0.4 is 10.9 Å². The summed E-state index contributed by atoms with van der Waals surface area (Å²) < 4.78 is 4.90. The van der Waals surface area contributed by atoms with E-state index in [9.17, 15) is 14.4 Å². The molecule has 1 aliphatic rings. The van der Waals surface area contributed by atoms with Crippen molar-refractivity contribution in [2.75, 3.05) is 38.0 Å². The molecule has 2 N–H and O–H groups in total. The van der Waals surface area contributed by atoms with Gasteiger partial charge in [0.25, 0.3) is 11.5 Å². The van der Waals surface area contributed by atoms with Crippen molar-refractivity contribution in [2.45, 2.75) is 13.8 Å². The normalized spacial score (nSPS) is 15.1. The molecule has 138 valence electrons. The molecular weight excluding hydrogens is 338 g/mol. The highest BCUT2D eigenvalue weighted by molar-refractivity contribution is 5.94. The lowest BCUT2D eigenvalue weighted by Gasteiger charge is -2.34. The van der Waals surface area contributed by atoms with Gasteiger partial charge < -0.3 is 19.7 Å². The minimum atomic E-state index is -0.375. The van der Waals surface area contributed by atoms with E-state index in [0.29, 0.717) is 43.5 Å². The number of nitrogens with one attached hydrogen (secondary N) is 2. The van der Waals surface area contributed by atoms with Gasteiger partial charge in [-0.3, -0.25) is 19.3 Å². The molecule has 3 heterocycles. The molecule has 0 spiro atoms. The summed E-state index contributed by atoms with van der Waals surface area (Å²) in [5, 5.41) is 6.39. The standard InChI is InChI=1S/C17H21N5O4/c1-11-3-4-13(16(24)18-11)17(25)22-7-5-21(6-8-22)10-15(23)19-14-9-12(2)26-20-14/h3-4,9H,5-8,10H2,1-2H3,(H,18,24)(H,19,20,23). The third kappa shape index (κ3) is 4.17. The number of hydrogen-bond donors (Lipinski definition) is 2. The molecule has 26 heavy (non-hydrogen) atoms. The number of H-pyrrole nitrogens is 1. The zero-order valence-electron chi connectivity index (χ0n) is 14.7. The lowest BCUT2D eigenvalue weighted by atomic mass is 10.2. The Labute approximate surface area is 150 Å². The third-order valence-electron chi connectivity index (χ3n) is 4.21. The predicted molar refractivity (Wildman–Crippen MR) is 94.0 cm³/mol. The summed E-state index contributed by atoms with van der Waals surface area (Å²) in [5.41, 5.74) is 0.479. The maximum absolute atomic E-state index is 12.5. The molecule has 9 nitrogen and oxygen atoms in total. The fraction of sp³-hybridized carbons (Fsp3) is 0.412. The van der Waals surface area contributed by atoms with Crippen LogP contribution in [0.4, 0.5) is 5.82 Å². The van der Waals surface area contributed by atoms with Crippen molar-refractivity contribution >= 4 is 17.6 Å². The quantitative estimate of drug-likeness (QED) is 0.816. The zero-order valence-corrected chi connectivity index (χ0v) is 14.7. The summed E-state index contributed by atoms with van der Waals surface area (Å²) in [4.78, 5) is 42.7. The van der Waals surface area contributed by atoms with E-state index in [1.165, 1.54) is 0 Å². The lowest BCUT2D eigenvalue weighted by Crippen LogP contribution is -2.51. The van der Waals surface area contributed by atoms with Crippen molar-refractivity contribution in [1.29, 1.82) is 0 Å². The number of rotatable bonds is 4. The Hall–Kier alpha value is -2.94. The minimum absolute atomic E-state index is 0.142. The van der Waals surface area contributed by atoms with Crippen LogP contribution in [0, 0.1) is 13.8 Å².